The maximum atomic E-state index is 14.3. The molecule has 2 aromatic carbocycles. The van der Waals surface area contributed by atoms with Gasteiger partial charge in [0.2, 0.25) is 5.54 Å². The van der Waals surface area contributed by atoms with Gasteiger partial charge in [0.25, 0.3) is 5.91 Å². The first-order valence-corrected chi connectivity index (χ1v) is 11.1. The van der Waals surface area contributed by atoms with Gasteiger partial charge >= 0.3 is 18.2 Å². The van der Waals surface area contributed by atoms with E-state index in [-0.39, 0.29) is 25.3 Å². The molecule has 10 nitrogen and oxygen atoms in total. The van der Waals surface area contributed by atoms with Gasteiger partial charge in [-0.1, -0.05) is 48.5 Å². The number of fused-ring (bicyclic) bond motifs is 2. The van der Waals surface area contributed by atoms with E-state index in [0.29, 0.717) is 11.3 Å². The number of para-hydroxylation sites is 1. The first-order valence-electron chi connectivity index (χ1n) is 11.1. The second kappa shape index (κ2) is 9.49. The molecule has 0 fully saturated rings. The number of carbonyl (C=O) groups is 4. The molecule has 1 spiro atoms. The molecule has 0 saturated heterocycles. The molecule has 1 atom stereocenters. The zero-order valence-corrected chi connectivity index (χ0v) is 19.6. The molecule has 2 aromatic rings. The van der Waals surface area contributed by atoms with Crippen molar-refractivity contribution in [1.29, 1.82) is 0 Å². The zero-order chi connectivity index (χ0) is 25.2. The second-order valence-electron chi connectivity index (χ2n) is 7.69. The summed E-state index contributed by atoms with van der Waals surface area (Å²) < 4.78 is 15.3. The Hall–Kier alpha value is -4.34. The molecule has 0 N–H and O–H groups in total. The third-order valence-electron chi connectivity index (χ3n) is 5.80. The number of carbonyl (C=O) groups excluding carboxylic acids is 4. The lowest BCUT2D eigenvalue weighted by molar-refractivity contribution is -0.142. The van der Waals surface area contributed by atoms with Crippen LogP contribution in [0.15, 0.2) is 66.4 Å². The number of amides is 3. The standard InChI is InChI=1S/C25H25N3O7/c1-4-34-23(31)27-16-19(21(29)33-3)25(28(27)24(32)35-5-2)18-13-9-10-14-20(18)26(22(25)30)15-17-11-7-6-8-12-17/h6-14,16H,4-5,15H2,1-3H3/t25-/m1/s1. The quantitative estimate of drug-likeness (QED) is 0.478. The molecule has 0 bridgehead atoms. The highest BCUT2D eigenvalue weighted by Gasteiger charge is 2.67. The molecule has 0 aliphatic carbocycles. The monoisotopic (exact) mass is 479 g/mol. The largest absolute Gasteiger partial charge is 0.466 e. The topological polar surface area (TPSA) is 106 Å². The Kier molecular flexibility index (Phi) is 6.46. The molecule has 0 saturated carbocycles. The summed E-state index contributed by atoms with van der Waals surface area (Å²) in [4.78, 5) is 55.0. The van der Waals surface area contributed by atoms with Gasteiger partial charge in [-0.15, -0.1) is 0 Å². The van der Waals surface area contributed by atoms with Crippen LogP contribution in [0.5, 0.6) is 0 Å². The van der Waals surface area contributed by atoms with Crippen molar-refractivity contribution in [2.75, 3.05) is 25.2 Å². The number of rotatable bonds is 5. The minimum atomic E-state index is -2.03. The van der Waals surface area contributed by atoms with Gasteiger partial charge < -0.3 is 19.1 Å². The SMILES string of the molecule is CCOC(=O)N1C=C(C(=O)OC)[C@]2(C(=O)N(Cc3ccccc3)c3ccccc32)N1C(=O)OCC. The van der Waals surface area contributed by atoms with E-state index in [1.54, 1.807) is 38.1 Å². The van der Waals surface area contributed by atoms with Gasteiger partial charge in [0.05, 0.1) is 38.1 Å². The first kappa shape index (κ1) is 23.8. The fraction of sp³-hybridized carbons (Fsp3) is 0.280. The van der Waals surface area contributed by atoms with Crippen molar-refractivity contribution in [3.05, 3.63) is 77.5 Å². The van der Waals surface area contributed by atoms with Crippen LogP contribution < -0.4 is 4.90 Å². The fourth-order valence-corrected chi connectivity index (χ4v) is 4.42. The molecule has 2 heterocycles. The summed E-state index contributed by atoms with van der Waals surface area (Å²) >= 11 is 0. The Labute approximate surface area is 202 Å². The number of benzene rings is 2. The highest BCUT2D eigenvalue weighted by molar-refractivity contribution is 6.17. The lowest BCUT2D eigenvalue weighted by atomic mass is 9.84. The molecule has 2 aliphatic rings. The number of methoxy groups -OCH3 is 1. The van der Waals surface area contributed by atoms with Crippen LogP contribution in [-0.4, -0.2) is 54.4 Å². The van der Waals surface area contributed by atoms with Gasteiger partial charge in [-0.25, -0.2) is 14.4 Å². The van der Waals surface area contributed by atoms with Gasteiger partial charge in [0, 0.05) is 11.8 Å². The Morgan fingerprint density at radius 2 is 1.51 bits per heavy atom. The van der Waals surface area contributed by atoms with Crippen LogP contribution in [0.1, 0.15) is 25.0 Å². The molecule has 3 amide bonds. The lowest BCUT2D eigenvalue weighted by Gasteiger charge is -2.37. The highest BCUT2D eigenvalue weighted by Crippen LogP contribution is 2.53. The Balaban J connectivity index is 1.96. The van der Waals surface area contributed by atoms with Gasteiger partial charge in [-0.3, -0.25) is 4.79 Å². The minimum absolute atomic E-state index is 0.00502. The lowest BCUT2D eigenvalue weighted by Crippen LogP contribution is -2.59. The summed E-state index contributed by atoms with van der Waals surface area (Å²) in [7, 11) is 1.16. The van der Waals surface area contributed by atoms with E-state index < -0.39 is 29.6 Å². The average molecular weight is 479 g/mol. The molecule has 10 heteroatoms. The van der Waals surface area contributed by atoms with Gasteiger partial charge in [0.1, 0.15) is 0 Å². The van der Waals surface area contributed by atoms with Crippen molar-refractivity contribution >= 4 is 29.8 Å². The number of esters is 1. The van der Waals surface area contributed by atoms with Crippen molar-refractivity contribution in [3.8, 4) is 0 Å². The van der Waals surface area contributed by atoms with E-state index in [1.807, 2.05) is 30.3 Å². The average Bonchev–Trinajstić information content (AvgIpc) is 3.35. The Bertz CT molecular complexity index is 1200. The fourth-order valence-electron chi connectivity index (χ4n) is 4.42. The summed E-state index contributed by atoms with van der Waals surface area (Å²) in [6.45, 7) is 3.34. The second-order valence-corrected chi connectivity index (χ2v) is 7.69. The maximum Gasteiger partial charge on any atom is 0.433 e. The van der Waals surface area contributed by atoms with Gasteiger partial charge in [0.15, 0.2) is 0 Å². The van der Waals surface area contributed by atoms with Gasteiger partial charge in [-0.05, 0) is 25.5 Å². The number of ether oxygens (including phenoxy) is 3. The van der Waals surface area contributed by atoms with Crippen molar-refractivity contribution in [3.63, 3.8) is 0 Å². The Morgan fingerprint density at radius 1 is 0.886 bits per heavy atom. The molecule has 182 valence electrons. The van der Waals surface area contributed by atoms with Crippen molar-refractivity contribution in [2.24, 2.45) is 0 Å². The van der Waals surface area contributed by atoms with E-state index in [2.05, 4.69) is 0 Å². The van der Waals surface area contributed by atoms with E-state index in [4.69, 9.17) is 14.2 Å². The third-order valence-corrected chi connectivity index (χ3v) is 5.80. The predicted molar refractivity (Wildman–Crippen MR) is 124 cm³/mol. The molecular formula is C25H25N3O7. The molecule has 35 heavy (non-hydrogen) atoms. The van der Waals surface area contributed by atoms with Crippen molar-refractivity contribution in [1.82, 2.24) is 10.0 Å². The summed E-state index contributed by atoms with van der Waals surface area (Å²) in [5.74, 6) is -1.49. The molecular weight excluding hydrogens is 454 g/mol. The van der Waals surface area contributed by atoms with Crippen LogP contribution in [-0.2, 0) is 35.9 Å². The number of hydrogen-bond donors (Lipinski definition) is 0. The van der Waals surface area contributed by atoms with E-state index >= 15 is 0 Å². The van der Waals surface area contributed by atoms with E-state index in [0.717, 1.165) is 28.9 Å². The molecule has 0 unspecified atom stereocenters. The number of anilines is 1. The van der Waals surface area contributed by atoms with Crippen LogP contribution in [0.4, 0.5) is 15.3 Å². The van der Waals surface area contributed by atoms with Crippen LogP contribution in [0.2, 0.25) is 0 Å². The van der Waals surface area contributed by atoms with E-state index in [1.165, 1.54) is 4.90 Å². The smallest absolute Gasteiger partial charge is 0.433 e. The zero-order valence-electron chi connectivity index (χ0n) is 19.6. The molecule has 2 aliphatic heterocycles. The normalized spacial score (nSPS) is 18.4. The molecule has 4 rings (SSSR count). The summed E-state index contributed by atoms with van der Waals surface area (Å²) in [5, 5.41) is 1.64. The first-order chi connectivity index (χ1) is 16.9. The van der Waals surface area contributed by atoms with Crippen LogP contribution in [0.25, 0.3) is 0 Å². The number of hydrazine groups is 1. The van der Waals surface area contributed by atoms with Gasteiger partial charge in [-0.2, -0.15) is 10.0 Å². The number of hydrogen-bond acceptors (Lipinski definition) is 7. The third kappa shape index (κ3) is 3.67. The highest BCUT2D eigenvalue weighted by atomic mass is 16.6. The minimum Gasteiger partial charge on any atom is -0.466 e. The van der Waals surface area contributed by atoms with Crippen LogP contribution >= 0.6 is 0 Å². The van der Waals surface area contributed by atoms with Crippen molar-refractivity contribution < 1.29 is 33.4 Å². The summed E-state index contributed by atoms with van der Waals surface area (Å²) in [5.41, 5.74) is -0.598. The van der Waals surface area contributed by atoms with Crippen molar-refractivity contribution in [2.45, 2.75) is 25.9 Å². The van der Waals surface area contributed by atoms with E-state index in [9.17, 15) is 19.2 Å². The Morgan fingerprint density at radius 3 is 2.17 bits per heavy atom. The summed E-state index contributed by atoms with van der Waals surface area (Å²) in [6, 6.07) is 16.1. The molecule has 0 radical (unpaired) electrons. The summed E-state index contributed by atoms with van der Waals surface area (Å²) in [6.07, 6.45) is -0.854. The molecule has 0 aromatic heterocycles. The van der Waals surface area contributed by atoms with Crippen LogP contribution in [0.3, 0.4) is 0 Å². The number of nitrogens with zero attached hydrogens (tertiary/aromatic N) is 3. The van der Waals surface area contributed by atoms with Crippen LogP contribution in [0, 0.1) is 0 Å². The predicted octanol–water partition coefficient (Wildman–Crippen LogP) is 3.33. The maximum absolute atomic E-state index is 14.3.